The molecule has 228 valence electrons. The largest absolute Gasteiger partial charge is 0.479 e. The molecule has 0 aliphatic carbocycles. The van der Waals surface area contributed by atoms with E-state index in [2.05, 4.69) is 26.1 Å². The third-order valence-corrected chi connectivity index (χ3v) is 8.00. The number of nitrogens with zero attached hydrogens (tertiary/aromatic N) is 7. The molecule has 2 aromatic carbocycles. The predicted molar refractivity (Wildman–Crippen MR) is 158 cm³/mol. The first-order valence-corrected chi connectivity index (χ1v) is 15.1. The molecule has 0 unspecified atom stereocenters. The summed E-state index contributed by atoms with van der Waals surface area (Å²) in [5, 5.41) is 8.14. The number of para-hydroxylation sites is 1. The number of ether oxygens (including phenoxy) is 1. The summed E-state index contributed by atoms with van der Waals surface area (Å²) < 4.78 is 62.7. The number of aryl methyl sites for hydroxylation is 2. The second-order valence-corrected chi connectivity index (χ2v) is 11.7. The minimum atomic E-state index is -4.35. The molecule has 4 heterocycles. The summed E-state index contributed by atoms with van der Waals surface area (Å²) in [4.78, 5) is 20.2. The second-order valence-electron chi connectivity index (χ2n) is 9.36. The topological polar surface area (TPSA) is 138 Å². The van der Waals surface area contributed by atoms with Gasteiger partial charge in [0.25, 0.3) is 21.0 Å². The van der Waals surface area contributed by atoms with Crippen LogP contribution in [-0.4, -0.2) is 49.0 Å². The van der Waals surface area contributed by atoms with Crippen molar-refractivity contribution in [2.24, 2.45) is 0 Å². The van der Waals surface area contributed by atoms with E-state index in [4.69, 9.17) is 34.4 Å². The quantitative estimate of drug-likeness (QED) is 0.267. The summed E-state index contributed by atoms with van der Waals surface area (Å²) in [5.41, 5.74) is 0.0641. The average molecular weight is 663 g/mol. The van der Waals surface area contributed by atoms with Crippen molar-refractivity contribution in [1.82, 2.24) is 33.9 Å². The Morgan fingerprint density at radius 3 is 2.55 bits per heavy atom. The molecule has 1 N–H and O–H groups in total. The van der Waals surface area contributed by atoms with Crippen LogP contribution in [0.4, 0.5) is 14.5 Å². The minimum absolute atomic E-state index is 0.0642. The molecule has 0 amide bonds. The fourth-order valence-electron chi connectivity index (χ4n) is 4.20. The molecule has 0 bridgehead atoms. The molecule has 6 rings (SSSR count). The number of fused-ring (bicyclic) bond motifs is 2. The van der Waals surface area contributed by atoms with Gasteiger partial charge in [-0.05, 0) is 44.0 Å². The normalized spacial score (nSPS) is 12.6. The molecule has 0 radical (unpaired) electrons. The molecule has 12 nitrogen and oxygen atoms in total. The first-order chi connectivity index (χ1) is 21.0. The maximum Gasteiger partial charge on any atom is 0.350 e. The van der Waals surface area contributed by atoms with E-state index in [9.17, 15) is 22.0 Å². The van der Waals surface area contributed by atoms with Crippen LogP contribution in [0.25, 0.3) is 11.5 Å². The second kappa shape index (κ2) is 12.6. The number of hydrogen-bond donors (Lipinski definition) is 1. The van der Waals surface area contributed by atoms with Crippen molar-refractivity contribution in [2.75, 3.05) is 11.3 Å². The lowest BCUT2D eigenvalue weighted by atomic mass is 10.2. The number of hydrogen-bond acceptors (Lipinski definition) is 8. The number of terminal acetylenes is 1. The van der Waals surface area contributed by atoms with E-state index >= 15 is 0 Å². The Morgan fingerprint density at radius 1 is 1.09 bits per heavy atom. The maximum atomic E-state index is 13.5. The van der Waals surface area contributed by atoms with Gasteiger partial charge in [-0.15, -0.1) is 16.6 Å². The number of nitrogens with one attached hydrogen (secondary N) is 1. The van der Waals surface area contributed by atoms with Crippen molar-refractivity contribution >= 4 is 44.7 Å². The zero-order chi connectivity index (χ0) is 31.6. The van der Waals surface area contributed by atoms with Gasteiger partial charge in [-0.1, -0.05) is 35.2 Å². The van der Waals surface area contributed by atoms with E-state index < -0.39 is 32.5 Å². The van der Waals surface area contributed by atoms with Crippen LogP contribution in [0.15, 0.2) is 52.5 Å². The SMILES string of the molecule is C#CCOc1cc(-n2nc3n(c2=O)CCCC3)c(Cl)cc1Cl.Cc1ccn2nc(S(=O)(=O)Nc3c(F)cccc3F)nc2n1. The van der Waals surface area contributed by atoms with Crippen LogP contribution >= 0.6 is 23.2 Å². The number of sulfonamides is 1. The van der Waals surface area contributed by atoms with Crippen molar-refractivity contribution in [1.29, 1.82) is 0 Å². The van der Waals surface area contributed by atoms with Crippen LogP contribution in [-0.2, 0) is 23.0 Å². The highest BCUT2D eigenvalue weighted by molar-refractivity contribution is 7.92. The van der Waals surface area contributed by atoms with Gasteiger partial charge in [0.05, 0.1) is 15.7 Å². The molecular weight excluding hydrogens is 641 g/mol. The summed E-state index contributed by atoms with van der Waals surface area (Å²) in [6.45, 7) is 2.46. The summed E-state index contributed by atoms with van der Waals surface area (Å²) >= 11 is 12.3. The molecular formula is C27H22Cl2F2N8O4S. The van der Waals surface area contributed by atoms with E-state index in [0.717, 1.165) is 47.8 Å². The molecule has 0 fully saturated rings. The van der Waals surface area contributed by atoms with Crippen molar-refractivity contribution < 1.29 is 21.9 Å². The van der Waals surface area contributed by atoms with Crippen LogP contribution in [0.1, 0.15) is 24.4 Å². The fourth-order valence-corrected chi connectivity index (χ4v) is 5.67. The van der Waals surface area contributed by atoms with Gasteiger partial charge in [-0.3, -0.25) is 9.29 Å². The van der Waals surface area contributed by atoms with Gasteiger partial charge in [0.15, 0.2) is 0 Å². The zero-order valence-electron chi connectivity index (χ0n) is 22.8. The Kier molecular flexibility index (Phi) is 8.86. The minimum Gasteiger partial charge on any atom is -0.479 e. The highest BCUT2D eigenvalue weighted by atomic mass is 35.5. The van der Waals surface area contributed by atoms with Crippen LogP contribution in [0, 0.1) is 30.9 Å². The third-order valence-electron chi connectivity index (χ3n) is 6.28. The number of benzene rings is 2. The molecule has 44 heavy (non-hydrogen) atoms. The predicted octanol–water partition coefficient (Wildman–Crippen LogP) is 4.20. The van der Waals surface area contributed by atoms with Crippen molar-refractivity contribution in [3.63, 3.8) is 0 Å². The van der Waals surface area contributed by atoms with E-state index in [1.54, 1.807) is 28.3 Å². The molecule has 1 aliphatic heterocycles. The first kappa shape index (κ1) is 30.9. The molecule has 1 aliphatic rings. The van der Waals surface area contributed by atoms with E-state index in [1.165, 1.54) is 16.9 Å². The zero-order valence-corrected chi connectivity index (χ0v) is 25.2. The van der Waals surface area contributed by atoms with Gasteiger partial charge >= 0.3 is 5.69 Å². The standard InChI is InChI=1S/C15H13Cl2N3O2.C12H9F2N5O2S/c1-2-7-22-13-9-12(10(16)8-11(13)17)20-15(21)19-6-4-3-5-14(19)18-20;1-7-5-6-19-11(15-7)16-12(17-19)22(20,21)18-10-8(13)3-2-4-9(10)14/h1,8-9H,3-7H2;2-6,18H,1H3. The molecule has 3 aromatic heterocycles. The summed E-state index contributed by atoms with van der Waals surface area (Å²) in [7, 11) is -4.35. The highest BCUT2D eigenvalue weighted by Gasteiger charge is 2.24. The smallest absolute Gasteiger partial charge is 0.350 e. The summed E-state index contributed by atoms with van der Waals surface area (Å²) in [6.07, 6.45) is 9.45. The summed E-state index contributed by atoms with van der Waals surface area (Å²) in [6, 6.07) is 7.71. The Labute approximate surface area is 259 Å². The molecule has 0 spiro atoms. The molecule has 0 saturated carbocycles. The maximum absolute atomic E-state index is 13.5. The van der Waals surface area contributed by atoms with Crippen molar-refractivity contribution in [2.45, 2.75) is 37.9 Å². The molecule has 17 heteroatoms. The Hall–Kier alpha value is -4.52. The molecule has 5 aromatic rings. The van der Waals surface area contributed by atoms with E-state index in [1.807, 2.05) is 0 Å². The van der Waals surface area contributed by atoms with Gasteiger partial charge in [-0.25, -0.2) is 23.1 Å². The lowest BCUT2D eigenvalue weighted by molar-refractivity contribution is 0.370. The van der Waals surface area contributed by atoms with E-state index in [-0.39, 0.29) is 18.1 Å². The van der Waals surface area contributed by atoms with Crippen LogP contribution < -0.4 is 15.1 Å². The third kappa shape index (κ3) is 6.37. The van der Waals surface area contributed by atoms with Gasteiger partial charge in [-0.2, -0.15) is 18.1 Å². The van der Waals surface area contributed by atoms with Crippen LogP contribution in [0.2, 0.25) is 10.0 Å². The van der Waals surface area contributed by atoms with Gasteiger partial charge < -0.3 is 4.74 Å². The lowest BCUT2D eigenvalue weighted by Crippen LogP contribution is -2.26. The Balaban J connectivity index is 0.000000175. The number of anilines is 1. The monoisotopic (exact) mass is 662 g/mol. The van der Waals surface area contributed by atoms with Crippen LogP contribution in [0.5, 0.6) is 5.75 Å². The molecule has 0 atom stereocenters. The highest BCUT2D eigenvalue weighted by Crippen LogP contribution is 2.32. The van der Waals surface area contributed by atoms with Crippen LogP contribution in [0.3, 0.4) is 0 Å². The first-order valence-electron chi connectivity index (χ1n) is 12.9. The van der Waals surface area contributed by atoms with Crippen molar-refractivity contribution in [3.05, 3.63) is 86.3 Å². The Morgan fingerprint density at radius 2 is 1.84 bits per heavy atom. The summed E-state index contributed by atoms with van der Waals surface area (Å²) in [5.74, 6) is 1.49. The number of halogens is 4. The lowest BCUT2D eigenvalue weighted by Gasteiger charge is -2.09. The van der Waals surface area contributed by atoms with Gasteiger partial charge in [0.1, 0.15) is 35.5 Å². The van der Waals surface area contributed by atoms with Gasteiger partial charge in [0.2, 0.25) is 0 Å². The number of rotatable bonds is 6. The Bertz CT molecular complexity index is 2070. The molecule has 0 saturated heterocycles. The average Bonchev–Trinajstić information content (AvgIpc) is 3.56. The van der Waals surface area contributed by atoms with E-state index in [0.29, 0.717) is 33.7 Å². The van der Waals surface area contributed by atoms with Crippen molar-refractivity contribution in [3.8, 4) is 23.8 Å². The number of aromatic nitrogens is 7. The van der Waals surface area contributed by atoms with Gasteiger partial charge in [0, 0.05) is 30.9 Å². The fraction of sp³-hybridized carbons (Fsp3) is 0.222.